The Morgan fingerprint density at radius 3 is 3.07 bits per heavy atom. The molecule has 2 rings (SSSR count). The maximum Gasteiger partial charge on any atom is 0.165 e. The summed E-state index contributed by atoms with van der Waals surface area (Å²) in [6.07, 6.45) is 4.45. The number of nitrogens with two attached hydrogens (primary N) is 1. The summed E-state index contributed by atoms with van der Waals surface area (Å²) in [6, 6.07) is 1.94. The smallest absolute Gasteiger partial charge is 0.165 e. The van der Waals surface area contributed by atoms with Gasteiger partial charge in [-0.1, -0.05) is 0 Å². The molecule has 0 saturated carbocycles. The number of aryl methyl sites for hydroxylation is 1. The highest BCUT2D eigenvalue weighted by atomic mass is 32.1. The third-order valence-electron chi connectivity index (χ3n) is 2.00. The van der Waals surface area contributed by atoms with Gasteiger partial charge < -0.3 is 10.2 Å². The van der Waals surface area contributed by atoms with E-state index in [0.29, 0.717) is 6.54 Å². The van der Waals surface area contributed by atoms with Crippen LogP contribution >= 0.6 is 11.3 Å². The van der Waals surface area contributed by atoms with Gasteiger partial charge in [-0.05, 0) is 31.5 Å². The fraction of sp³-hybridized carbons (Fsp3) is 0.300. The minimum Gasteiger partial charge on any atom is -0.462 e. The fourth-order valence-corrected chi connectivity index (χ4v) is 2.24. The molecule has 0 atom stereocenters. The maximum atomic E-state index is 5.47. The quantitative estimate of drug-likeness (QED) is 0.841. The molecule has 0 spiro atoms. The van der Waals surface area contributed by atoms with Crippen LogP contribution in [0.15, 0.2) is 22.9 Å². The van der Waals surface area contributed by atoms with Gasteiger partial charge in [0.05, 0.1) is 6.26 Å². The molecule has 2 N–H and O–H groups in total. The van der Waals surface area contributed by atoms with E-state index in [1.807, 2.05) is 19.2 Å². The van der Waals surface area contributed by atoms with E-state index in [-0.39, 0.29) is 0 Å². The molecule has 0 bridgehead atoms. The largest absolute Gasteiger partial charge is 0.462 e. The molecule has 0 saturated heterocycles. The number of hydrogen-bond acceptors (Lipinski definition) is 4. The molecule has 0 radical (unpaired) electrons. The molecular formula is C10H12N2OS. The molecule has 0 aliphatic rings. The summed E-state index contributed by atoms with van der Waals surface area (Å²) in [4.78, 5) is 5.51. The van der Waals surface area contributed by atoms with Crippen molar-refractivity contribution in [2.24, 2.45) is 5.73 Å². The standard InChI is InChI=1S/C10H12N2OS/c1-7-3-5-13-9(7)10-12-6-8(14-10)2-4-11/h3,5-6H,2,4,11H2,1H3. The molecule has 0 aromatic carbocycles. The van der Waals surface area contributed by atoms with Gasteiger partial charge in [-0.2, -0.15) is 0 Å². The Kier molecular flexibility index (Phi) is 2.65. The SMILES string of the molecule is Cc1ccoc1-c1ncc(CCN)s1. The average molecular weight is 208 g/mol. The van der Waals surface area contributed by atoms with Crippen molar-refractivity contribution in [1.29, 1.82) is 0 Å². The van der Waals surface area contributed by atoms with Crippen molar-refractivity contribution < 1.29 is 4.42 Å². The molecule has 74 valence electrons. The van der Waals surface area contributed by atoms with Crippen molar-refractivity contribution >= 4 is 11.3 Å². The fourth-order valence-electron chi connectivity index (χ4n) is 1.26. The number of nitrogens with zero attached hydrogens (tertiary/aromatic N) is 1. The summed E-state index contributed by atoms with van der Waals surface area (Å²) in [5.74, 6) is 0.873. The van der Waals surface area contributed by atoms with Crippen LogP contribution in [0.3, 0.4) is 0 Å². The first-order valence-electron chi connectivity index (χ1n) is 4.50. The Labute approximate surface area is 86.6 Å². The van der Waals surface area contributed by atoms with E-state index in [1.165, 1.54) is 4.88 Å². The number of thiazole rings is 1. The van der Waals surface area contributed by atoms with Crippen molar-refractivity contribution in [2.75, 3.05) is 6.54 Å². The summed E-state index contributed by atoms with van der Waals surface area (Å²) >= 11 is 1.64. The van der Waals surface area contributed by atoms with Crippen LogP contribution in [0.4, 0.5) is 0 Å². The summed E-state index contributed by atoms with van der Waals surface area (Å²) in [5, 5.41) is 0.941. The second-order valence-electron chi connectivity index (χ2n) is 3.10. The Bertz CT molecular complexity index is 419. The van der Waals surface area contributed by atoms with Gasteiger partial charge in [0.25, 0.3) is 0 Å². The van der Waals surface area contributed by atoms with Crippen LogP contribution in [0.1, 0.15) is 10.4 Å². The second-order valence-corrected chi connectivity index (χ2v) is 4.22. The molecule has 0 aliphatic carbocycles. The Hall–Kier alpha value is -1.13. The van der Waals surface area contributed by atoms with E-state index in [9.17, 15) is 0 Å². The van der Waals surface area contributed by atoms with Crippen LogP contribution in [0.25, 0.3) is 10.8 Å². The van der Waals surface area contributed by atoms with Gasteiger partial charge in [0.1, 0.15) is 0 Å². The topological polar surface area (TPSA) is 52.0 Å². The highest BCUT2D eigenvalue weighted by Gasteiger charge is 2.09. The predicted molar refractivity (Wildman–Crippen MR) is 57.3 cm³/mol. The van der Waals surface area contributed by atoms with Crippen molar-refractivity contribution in [1.82, 2.24) is 4.98 Å². The lowest BCUT2D eigenvalue weighted by Crippen LogP contribution is -2.00. The lowest BCUT2D eigenvalue weighted by atomic mass is 10.3. The molecule has 0 amide bonds. The van der Waals surface area contributed by atoms with Gasteiger partial charge in [0, 0.05) is 11.1 Å². The van der Waals surface area contributed by atoms with Crippen molar-refractivity contribution in [2.45, 2.75) is 13.3 Å². The summed E-state index contributed by atoms with van der Waals surface area (Å²) in [7, 11) is 0. The summed E-state index contributed by atoms with van der Waals surface area (Å²) in [5.41, 5.74) is 6.60. The second kappa shape index (κ2) is 3.94. The molecular weight excluding hydrogens is 196 g/mol. The van der Waals surface area contributed by atoms with E-state index in [1.54, 1.807) is 17.6 Å². The first-order chi connectivity index (χ1) is 6.81. The monoisotopic (exact) mass is 208 g/mol. The van der Waals surface area contributed by atoms with Crippen LogP contribution in [0.2, 0.25) is 0 Å². The Morgan fingerprint density at radius 1 is 1.57 bits per heavy atom. The molecule has 2 aromatic rings. The zero-order valence-corrected chi connectivity index (χ0v) is 8.80. The zero-order valence-electron chi connectivity index (χ0n) is 7.99. The molecule has 2 heterocycles. The molecule has 0 aliphatic heterocycles. The van der Waals surface area contributed by atoms with Crippen LogP contribution < -0.4 is 5.73 Å². The normalized spacial score (nSPS) is 10.7. The molecule has 3 nitrogen and oxygen atoms in total. The molecule has 4 heteroatoms. The minimum atomic E-state index is 0.665. The molecule has 14 heavy (non-hydrogen) atoms. The number of hydrogen-bond donors (Lipinski definition) is 1. The van der Waals surface area contributed by atoms with Gasteiger partial charge in [-0.25, -0.2) is 4.98 Å². The first-order valence-corrected chi connectivity index (χ1v) is 5.32. The van der Waals surface area contributed by atoms with Crippen LogP contribution in [-0.2, 0) is 6.42 Å². The van der Waals surface area contributed by atoms with Crippen molar-refractivity contribution in [3.05, 3.63) is 29.0 Å². The Balaban J connectivity index is 2.29. The van der Waals surface area contributed by atoms with Crippen LogP contribution in [-0.4, -0.2) is 11.5 Å². The lowest BCUT2D eigenvalue weighted by molar-refractivity contribution is 0.580. The van der Waals surface area contributed by atoms with Crippen molar-refractivity contribution in [3.63, 3.8) is 0 Å². The zero-order chi connectivity index (χ0) is 9.97. The molecule has 0 unspecified atom stereocenters. The van der Waals surface area contributed by atoms with Crippen molar-refractivity contribution in [3.8, 4) is 10.8 Å². The van der Waals surface area contributed by atoms with Gasteiger partial charge >= 0.3 is 0 Å². The van der Waals surface area contributed by atoms with Crippen LogP contribution in [0, 0.1) is 6.92 Å². The highest BCUT2D eigenvalue weighted by molar-refractivity contribution is 7.15. The molecule has 2 aromatic heterocycles. The van der Waals surface area contributed by atoms with E-state index in [2.05, 4.69) is 4.98 Å². The van der Waals surface area contributed by atoms with Crippen LogP contribution in [0.5, 0.6) is 0 Å². The lowest BCUT2D eigenvalue weighted by Gasteiger charge is -1.91. The predicted octanol–water partition coefficient (Wildman–Crippen LogP) is 2.21. The maximum absolute atomic E-state index is 5.47. The Morgan fingerprint density at radius 2 is 2.43 bits per heavy atom. The van der Waals surface area contributed by atoms with E-state index in [4.69, 9.17) is 10.2 Å². The van der Waals surface area contributed by atoms with Gasteiger partial charge in [0.2, 0.25) is 0 Å². The first kappa shape index (κ1) is 9.43. The third-order valence-corrected chi connectivity index (χ3v) is 3.06. The number of rotatable bonds is 3. The van der Waals surface area contributed by atoms with Gasteiger partial charge in [-0.3, -0.25) is 0 Å². The number of aromatic nitrogens is 1. The van der Waals surface area contributed by atoms with E-state index >= 15 is 0 Å². The average Bonchev–Trinajstić information content (AvgIpc) is 2.74. The summed E-state index contributed by atoms with van der Waals surface area (Å²) < 4.78 is 5.36. The minimum absolute atomic E-state index is 0.665. The van der Waals surface area contributed by atoms with Gasteiger partial charge in [0.15, 0.2) is 10.8 Å². The van der Waals surface area contributed by atoms with E-state index in [0.717, 1.165) is 22.8 Å². The third kappa shape index (κ3) is 1.71. The van der Waals surface area contributed by atoms with Gasteiger partial charge in [-0.15, -0.1) is 11.3 Å². The number of furan rings is 1. The molecule has 0 fully saturated rings. The summed E-state index contributed by atoms with van der Waals surface area (Å²) in [6.45, 7) is 2.68. The van der Waals surface area contributed by atoms with E-state index < -0.39 is 0 Å². The highest BCUT2D eigenvalue weighted by Crippen LogP contribution is 2.28.